The molecule has 5 heteroatoms. The molecule has 0 amide bonds. The van der Waals surface area contributed by atoms with Crippen LogP contribution in [-0.2, 0) is 10.0 Å². The number of nitrogens with one attached hydrogen (secondary N) is 2. The van der Waals surface area contributed by atoms with Crippen LogP contribution < -0.4 is 10.0 Å². The first-order valence-electron chi connectivity index (χ1n) is 7.69. The summed E-state index contributed by atoms with van der Waals surface area (Å²) in [5, 5.41) is 3.14. The normalized spacial score (nSPS) is 18.4. The Balaban J connectivity index is 2.02. The molecular formula is C16H26N2O2S. The molecule has 0 aliphatic heterocycles. The lowest BCUT2D eigenvalue weighted by molar-refractivity contribution is 0.449. The maximum Gasteiger partial charge on any atom is 0.240 e. The third-order valence-electron chi connectivity index (χ3n) is 4.50. The smallest absolute Gasteiger partial charge is 0.240 e. The van der Waals surface area contributed by atoms with Crippen molar-refractivity contribution in [3.63, 3.8) is 0 Å². The minimum Gasteiger partial charge on any atom is -0.313 e. The van der Waals surface area contributed by atoms with Crippen LogP contribution in [0.15, 0.2) is 29.2 Å². The first-order valence-corrected chi connectivity index (χ1v) is 9.18. The van der Waals surface area contributed by atoms with E-state index < -0.39 is 10.0 Å². The van der Waals surface area contributed by atoms with Gasteiger partial charge in [0.1, 0.15) is 0 Å². The Bertz CT molecular complexity index is 562. The van der Waals surface area contributed by atoms with Crippen molar-refractivity contribution in [3.05, 3.63) is 29.8 Å². The SMILES string of the molecule is CCCC1(CNS(=O)(=O)c2ccc(C(C)NC)cc2)CC1. The molecule has 1 aliphatic carbocycles. The van der Waals surface area contributed by atoms with Gasteiger partial charge in [0.05, 0.1) is 4.90 Å². The second kappa shape index (κ2) is 6.46. The van der Waals surface area contributed by atoms with Crippen molar-refractivity contribution >= 4 is 10.0 Å². The van der Waals surface area contributed by atoms with Crippen LogP contribution in [0.25, 0.3) is 0 Å². The summed E-state index contributed by atoms with van der Waals surface area (Å²) in [6, 6.07) is 7.33. The maximum absolute atomic E-state index is 12.3. The number of rotatable bonds is 8. The van der Waals surface area contributed by atoms with Gasteiger partial charge in [-0.25, -0.2) is 13.1 Å². The highest BCUT2D eigenvalue weighted by Gasteiger charge is 2.42. The van der Waals surface area contributed by atoms with Crippen molar-refractivity contribution in [3.8, 4) is 0 Å². The van der Waals surface area contributed by atoms with Crippen LogP contribution >= 0.6 is 0 Å². The highest BCUT2D eigenvalue weighted by molar-refractivity contribution is 7.89. The molecule has 0 heterocycles. The van der Waals surface area contributed by atoms with E-state index in [4.69, 9.17) is 0 Å². The molecule has 1 aliphatic rings. The monoisotopic (exact) mass is 310 g/mol. The van der Waals surface area contributed by atoms with Crippen LogP contribution in [0.2, 0.25) is 0 Å². The molecule has 1 aromatic rings. The van der Waals surface area contributed by atoms with Gasteiger partial charge in [-0.05, 0) is 56.3 Å². The van der Waals surface area contributed by atoms with E-state index >= 15 is 0 Å². The highest BCUT2D eigenvalue weighted by Crippen LogP contribution is 2.49. The van der Waals surface area contributed by atoms with Crippen LogP contribution in [0.3, 0.4) is 0 Å². The van der Waals surface area contributed by atoms with E-state index in [2.05, 4.69) is 17.0 Å². The molecule has 0 bridgehead atoms. The first-order chi connectivity index (χ1) is 9.92. The van der Waals surface area contributed by atoms with Gasteiger partial charge in [0.25, 0.3) is 0 Å². The molecule has 4 nitrogen and oxygen atoms in total. The zero-order valence-corrected chi connectivity index (χ0v) is 14.0. The molecular weight excluding hydrogens is 284 g/mol. The largest absolute Gasteiger partial charge is 0.313 e. The Hall–Kier alpha value is -0.910. The van der Waals surface area contributed by atoms with Crippen molar-refractivity contribution < 1.29 is 8.42 Å². The number of hydrogen-bond acceptors (Lipinski definition) is 3. The lowest BCUT2D eigenvalue weighted by Gasteiger charge is -2.16. The highest BCUT2D eigenvalue weighted by atomic mass is 32.2. The summed E-state index contributed by atoms with van der Waals surface area (Å²) in [6.45, 7) is 4.76. The van der Waals surface area contributed by atoms with Gasteiger partial charge >= 0.3 is 0 Å². The fourth-order valence-corrected chi connectivity index (χ4v) is 3.81. The Kier molecular flexibility index (Phi) is 5.07. The van der Waals surface area contributed by atoms with Crippen molar-refractivity contribution in [1.82, 2.24) is 10.0 Å². The average molecular weight is 310 g/mol. The Morgan fingerprint density at radius 3 is 2.33 bits per heavy atom. The van der Waals surface area contributed by atoms with Crippen molar-refractivity contribution in [2.24, 2.45) is 5.41 Å². The van der Waals surface area contributed by atoms with Gasteiger partial charge in [-0.3, -0.25) is 0 Å². The maximum atomic E-state index is 12.3. The fraction of sp³-hybridized carbons (Fsp3) is 0.625. The van der Waals surface area contributed by atoms with E-state index in [0.717, 1.165) is 31.2 Å². The first kappa shape index (κ1) is 16.5. The fourth-order valence-electron chi connectivity index (χ4n) is 2.66. The van der Waals surface area contributed by atoms with Crippen molar-refractivity contribution in [1.29, 1.82) is 0 Å². The Labute approximate surface area is 128 Å². The molecule has 1 fully saturated rings. The predicted molar refractivity (Wildman–Crippen MR) is 85.7 cm³/mol. The lowest BCUT2D eigenvalue weighted by atomic mass is 10.0. The van der Waals surface area contributed by atoms with Crippen LogP contribution in [0.5, 0.6) is 0 Å². The summed E-state index contributed by atoms with van der Waals surface area (Å²) in [7, 11) is -1.50. The summed E-state index contributed by atoms with van der Waals surface area (Å²) in [5.74, 6) is 0. The summed E-state index contributed by atoms with van der Waals surface area (Å²) in [5.41, 5.74) is 1.31. The molecule has 1 unspecified atom stereocenters. The topological polar surface area (TPSA) is 58.2 Å². The molecule has 0 spiro atoms. The van der Waals surface area contributed by atoms with Crippen LogP contribution in [-0.4, -0.2) is 22.0 Å². The van der Waals surface area contributed by atoms with Gasteiger partial charge in [-0.1, -0.05) is 25.5 Å². The molecule has 1 atom stereocenters. The molecule has 1 saturated carbocycles. The molecule has 2 rings (SSSR count). The number of sulfonamides is 1. The molecule has 0 saturated heterocycles. The number of benzene rings is 1. The summed E-state index contributed by atoms with van der Waals surface area (Å²) >= 11 is 0. The lowest BCUT2D eigenvalue weighted by Crippen LogP contribution is -2.30. The standard InChI is InChI=1S/C16H26N2O2S/c1-4-9-16(10-11-16)12-18-21(19,20)15-7-5-14(6-8-15)13(2)17-3/h5-8,13,17-18H,4,9-12H2,1-3H3. The summed E-state index contributed by atoms with van der Waals surface area (Å²) in [6.07, 6.45) is 4.50. The van der Waals surface area contributed by atoms with Gasteiger partial charge in [-0.2, -0.15) is 0 Å². The van der Waals surface area contributed by atoms with E-state index in [0.29, 0.717) is 11.4 Å². The van der Waals surface area contributed by atoms with E-state index in [-0.39, 0.29) is 11.5 Å². The Morgan fingerprint density at radius 1 is 1.24 bits per heavy atom. The third kappa shape index (κ3) is 4.05. The molecule has 0 radical (unpaired) electrons. The molecule has 0 aromatic heterocycles. The van der Waals surface area contributed by atoms with Gasteiger partial charge in [0.15, 0.2) is 0 Å². The van der Waals surface area contributed by atoms with Gasteiger partial charge in [0.2, 0.25) is 10.0 Å². The molecule has 1 aromatic carbocycles. The van der Waals surface area contributed by atoms with E-state index in [9.17, 15) is 8.42 Å². The summed E-state index contributed by atoms with van der Waals surface area (Å²) in [4.78, 5) is 0.349. The van der Waals surface area contributed by atoms with Crippen LogP contribution in [0.4, 0.5) is 0 Å². The predicted octanol–water partition coefficient (Wildman–Crippen LogP) is 2.83. The molecule has 118 valence electrons. The zero-order chi connectivity index (χ0) is 15.5. The third-order valence-corrected chi connectivity index (χ3v) is 5.92. The summed E-state index contributed by atoms with van der Waals surface area (Å²) < 4.78 is 27.5. The molecule has 2 N–H and O–H groups in total. The minimum atomic E-state index is -3.39. The second-order valence-corrected chi connectivity index (χ2v) is 7.92. The number of hydrogen-bond donors (Lipinski definition) is 2. The molecule has 21 heavy (non-hydrogen) atoms. The van der Waals surface area contributed by atoms with Crippen LogP contribution in [0.1, 0.15) is 51.1 Å². The average Bonchev–Trinajstić information content (AvgIpc) is 3.25. The quantitative estimate of drug-likeness (QED) is 0.776. The van der Waals surface area contributed by atoms with E-state index in [1.165, 1.54) is 0 Å². The second-order valence-electron chi connectivity index (χ2n) is 6.15. The zero-order valence-electron chi connectivity index (χ0n) is 13.1. The van der Waals surface area contributed by atoms with Gasteiger partial charge in [0, 0.05) is 12.6 Å². The van der Waals surface area contributed by atoms with Crippen molar-refractivity contribution in [2.75, 3.05) is 13.6 Å². The Morgan fingerprint density at radius 2 is 1.86 bits per heavy atom. The van der Waals surface area contributed by atoms with Gasteiger partial charge < -0.3 is 5.32 Å². The van der Waals surface area contributed by atoms with Gasteiger partial charge in [-0.15, -0.1) is 0 Å². The van der Waals surface area contributed by atoms with E-state index in [1.807, 2.05) is 26.1 Å². The van der Waals surface area contributed by atoms with Crippen molar-refractivity contribution in [2.45, 2.75) is 50.5 Å². The van der Waals surface area contributed by atoms with Crippen LogP contribution in [0, 0.1) is 5.41 Å². The minimum absolute atomic E-state index is 0.217. The van der Waals surface area contributed by atoms with E-state index in [1.54, 1.807) is 12.1 Å².